The molecular weight excluding hydrogens is 210 g/mol. The van der Waals surface area contributed by atoms with E-state index in [9.17, 15) is 0 Å². The van der Waals surface area contributed by atoms with Crippen LogP contribution in [0.15, 0.2) is 0 Å². The van der Waals surface area contributed by atoms with Crippen molar-refractivity contribution in [1.82, 2.24) is 15.1 Å². The van der Waals surface area contributed by atoms with E-state index >= 15 is 0 Å². The van der Waals surface area contributed by atoms with E-state index in [1.165, 1.54) is 45.4 Å². The van der Waals surface area contributed by atoms with Gasteiger partial charge in [-0.15, -0.1) is 0 Å². The first-order valence-corrected chi connectivity index (χ1v) is 7.30. The second-order valence-corrected chi connectivity index (χ2v) is 5.61. The highest BCUT2D eigenvalue weighted by molar-refractivity contribution is 4.82. The fourth-order valence-corrected chi connectivity index (χ4v) is 2.74. The highest BCUT2D eigenvalue weighted by atomic mass is 15.3. The normalized spacial score (nSPS) is 25.1. The zero-order chi connectivity index (χ0) is 12.7. The number of nitrogens with zero attached hydrogens (tertiary/aromatic N) is 2. The van der Waals surface area contributed by atoms with Gasteiger partial charge in [0.1, 0.15) is 0 Å². The molecule has 0 amide bonds. The van der Waals surface area contributed by atoms with Gasteiger partial charge in [-0.1, -0.05) is 19.8 Å². The van der Waals surface area contributed by atoms with Crippen LogP contribution in [0.2, 0.25) is 0 Å². The van der Waals surface area contributed by atoms with Gasteiger partial charge in [0, 0.05) is 38.3 Å². The number of hydrogen-bond donors (Lipinski definition) is 1. The van der Waals surface area contributed by atoms with E-state index in [1.54, 1.807) is 0 Å². The molecule has 0 radical (unpaired) electrons. The van der Waals surface area contributed by atoms with Crippen LogP contribution in [0.5, 0.6) is 0 Å². The summed E-state index contributed by atoms with van der Waals surface area (Å²) in [7, 11) is 2.22. The van der Waals surface area contributed by atoms with Crippen LogP contribution < -0.4 is 5.32 Å². The smallest absolute Gasteiger partial charge is 0.0198 e. The molecule has 0 aliphatic carbocycles. The van der Waals surface area contributed by atoms with Crippen molar-refractivity contribution in [3.05, 3.63) is 0 Å². The van der Waals surface area contributed by atoms with Gasteiger partial charge >= 0.3 is 0 Å². The molecule has 1 aliphatic heterocycles. The lowest BCUT2D eigenvalue weighted by Gasteiger charge is -2.41. The standard InChI is InChI=1S/C14H31N3/c1-5-6-7-8-15-11-13(2)17-10-9-16(4)12-14(17)3/h13-15H,5-12H2,1-4H3. The summed E-state index contributed by atoms with van der Waals surface area (Å²) in [5.41, 5.74) is 0. The van der Waals surface area contributed by atoms with Crippen LogP contribution in [-0.4, -0.2) is 61.7 Å². The summed E-state index contributed by atoms with van der Waals surface area (Å²) in [5, 5.41) is 3.59. The number of rotatable bonds is 7. The summed E-state index contributed by atoms with van der Waals surface area (Å²) in [6.45, 7) is 12.9. The van der Waals surface area contributed by atoms with Crippen LogP contribution in [0.1, 0.15) is 40.0 Å². The molecule has 2 unspecified atom stereocenters. The Labute approximate surface area is 108 Å². The van der Waals surface area contributed by atoms with Gasteiger partial charge in [0.05, 0.1) is 0 Å². The number of likely N-dealkylation sites (N-methyl/N-ethyl adjacent to an activating group) is 1. The average molecular weight is 241 g/mol. The van der Waals surface area contributed by atoms with Crippen LogP contribution >= 0.6 is 0 Å². The van der Waals surface area contributed by atoms with E-state index in [4.69, 9.17) is 0 Å². The molecule has 0 spiro atoms. The van der Waals surface area contributed by atoms with Gasteiger partial charge in [0.25, 0.3) is 0 Å². The Kier molecular flexibility index (Phi) is 7.09. The lowest BCUT2D eigenvalue weighted by molar-refractivity contribution is 0.0674. The van der Waals surface area contributed by atoms with Gasteiger partial charge in [0.15, 0.2) is 0 Å². The molecule has 102 valence electrons. The lowest BCUT2D eigenvalue weighted by Crippen LogP contribution is -2.55. The maximum atomic E-state index is 3.59. The Bertz CT molecular complexity index is 196. The third-order valence-corrected chi connectivity index (χ3v) is 3.84. The zero-order valence-corrected chi connectivity index (χ0v) is 12.2. The van der Waals surface area contributed by atoms with E-state index in [0.29, 0.717) is 12.1 Å². The first-order chi connectivity index (χ1) is 8.15. The van der Waals surface area contributed by atoms with Gasteiger partial charge < -0.3 is 10.2 Å². The highest BCUT2D eigenvalue weighted by Crippen LogP contribution is 2.11. The molecule has 0 aromatic carbocycles. The third-order valence-electron chi connectivity index (χ3n) is 3.84. The molecule has 0 aromatic rings. The molecule has 0 saturated carbocycles. The molecule has 0 bridgehead atoms. The SMILES string of the molecule is CCCCCNCC(C)N1CCN(C)CC1C. The zero-order valence-electron chi connectivity index (χ0n) is 12.2. The first kappa shape index (κ1) is 14.9. The Morgan fingerprint density at radius 2 is 2.06 bits per heavy atom. The topological polar surface area (TPSA) is 18.5 Å². The van der Waals surface area contributed by atoms with Gasteiger partial charge in [-0.2, -0.15) is 0 Å². The molecule has 3 heteroatoms. The highest BCUT2D eigenvalue weighted by Gasteiger charge is 2.24. The monoisotopic (exact) mass is 241 g/mol. The van der Waals surface area contributed by atoms with Crippen LogP contribution in [0.25, 0.3) is 0 Å². The second kappa shape index (κ2) is 8.06. The molecule has 1 heterocycles. The minimum Gasteiger partial charge on any atom is -0.315 e. The van der Waals surface area contributed by atoms with Crippen molar-refractivity contribution in [1.29, 1.82) is 0 Å². The molecule has 0 aromatic heterocycles. The molecule has 1 fully saturated rings. The van der Waals surface area contributed by atoms with Crippen LogP contribution in [0, 0.1) is 0 Å². The number of piperazine rings is 1. The predicted octanol–water partition coefficient (Wildman–Crippen LogP) is 1.79. The lowest BCUT2D eigenvalue weighted by atomic mass is 10.1. The maximum Gasteiger partial charge on any atom is 0.0198 e. The first-order valence-electron chi connectivity index (χ1n) is 7.30. The summed E-state index contributed by atoms with van der Waals surface area (Å²) in [4.78, 5) is 5.08. The molecule has 17 heavy (non-hydrogen) atoms. The van der Waals surface area contributed by atoms with E-state index in [0.717, 1.165) is 6.54 Å². The van der Waals surface area contributed by atoms with Gasteiger partial charge in [-0.05, 0) is 33.9 Å². The van der Waals surface area contributed by atoms with E-state index in [1.807, 2.05) is 0 Å². The molecule has 1 aliphatic rings. The molecule has 3 nitrogen and oxygen atoms in total. The summed E-state index contributed by atoms with van der Waals surface area (Å²) in [6, 6.07) is 1.36. The van der Waals surface area contributed by atoms with E-state index in [2.05, 4.69) is 42.9 Å². The molecule has 1 rings (SSSR count). The minimum absolute atomic E-state index is 0.667. The summed E-state index contributed by atoms with van der Waals surface area (Å²) >= 11 is 0. The molecule has 1 N–H and O–H groups in total. The summed E-state index contributed by atoms with van der Waals surface area (Å²) < 4.78 is 0. The maximum absolute atomic E-state index is 3.59. The fraction of sp³-hybridized carbons (Fsp3) is 1.00. The van der Waals surface area contributed by atoms with Crippen molar-refractivity contribution in [2.75, 3.05) is 39.8 Å². The van der Waals surface area contributed by atoms with Crippen LogP contribution in [0.4, 0.5) is 0 Å². The summed E-state index contributed by atoms with van der Waals surface area (Å²) in [5.74, 6) is 0. The summed E-state index contributed by atoms with van der Waals surface area (Å²) in [6.07, 6.45) is 3.99. The van der Waals surface area contributed by atoms with E-state index in [-0.39, 0.29) is 0 Å². The largest absolute Gasteiger partial charge is 0.315 e. The number of nitrogens with one attached hydrogen (secondary N) is 1. The van der Waals surface area contributed by atoms with Gasteiger partial charge in [-0.25, -0.2) is 0 Å². The van der Waals surface area contributed by atoms with Crippen molar-refractivity contribution < 1.29 is 0 Å². The van der Waals surface area contributed by atoms with Crippen molar-refractivity contribution in [3.8, 4) is 0 Å². The van der Waals surface area contributed by atoms with Crippen molar-refractivity contribution >= 4 is 0 Å². The predicted molar refractivity (Wildman–Crippen MR) is 75.5 cm³/mol. The Hall–Kier alpha value is -0.120. The molecular formula is C14H31N3. The van der Waals surface area contributed by atoms with Crippen LogP contribution in [0.3, 0.4) is 0 Å². The van der Waals surface area contributed by atoms with Crippen molar-refractivity contribution in [3.63, 3.8) is 0 Å². The number of unbranched alkanes of at least 4 members (excludes halogenated alkanes) is 2. The quantitative estimate of drug-likeness (QED) is 0.686. The number of hydrogen-bond acceptors (Lipinski definition) is 3. The fourth-order valence-electron chi connectivity index (χ4n) is 2.74. The van der Waals surface area contributed by atoms with Crippen molar-refractivity contribution in [2.24, 2.45) is 0 Å². The Morgan fingerprint density at radius 1 is 1.29 bits per heavy atom. The van der Waals surface area contributed by atoms with Crippen molar-refractivity contribution in [2.45, 2.75) is 52.1 Å². The van der Waals surface area contributed by atoms with E-state index < -0.39 is 0 Å². The second-order valence-electron chi connectivity index (χ2n) is 5.61. The van der Waals surface area contributed by atoms with Gasteiger partial charge in [-0.3, -0.25) is 4.90 Å². The van der Waals surface area contributed by atoms with Crippen LogP contribution in [-0.2, 0) is 0 Å². The molecule has 1 saturated heterocycles. The minimum atomic E-state index is 0.667. The van der Waals surface area contributed by atoms with Gasteiger partial charge in [0.2, 0.25) is 0 Å². The Morgan fingerprint density at radius 3 is 2.71 bits per heavy atom. The molecule has 2 atom stereocenters. The third kappa shape index (κ3) is 5.36. The average Bonchev–Trinajstić information content (AvgIpc) is 2.28. The Balaban J connectivity index is 2.16.